The zero-order valence-corrected chi connectivity index (χ0v) is 17.3. The molecule has 1 aliphatic carbocycles. The molecule has 1 aromatic heterocycles. The first-order valence-electron chi connectivity index (χ1n) is 10.1. The zero-order valence-electron chi connectivity index (χ0n) is 17.3. The molecule has 0 spiro atoms. The van der Waals surface area contributed by atoms with Crippen LogP contribution in [0.3, 0.4) is 0 Å². The van der Waals surface area contributed by atoms with Crippen LogP contribution in [0.15, 0.2) is 59.1 Å². The number of aryl methyl sites for hydroxylation is 1. The molecule has 3 aromatic carbocycles. The van der Waals surface area contributed by atoms with E-state index in [1.807, 2.05) is 18.2 Å². The van der Waals surface area contributed by atoms with Gasteiger partial charge in [-0.05, 0) is 48.7 Å². The van der Waals surface area contributed by atoms with E-state index in [-0.39, 0.29) is 0 Å². The molecule has 0 N–H and O–H groups in total. The summed E-state index contributed by atoms with van der Waals surface area (Å²) in [6.45, 7) is 0. The second kappa shape index (κ2) is 7.88. The van der Waals surface area contributed by atoms with Crippen molar-refractivity contribution in [1.82, 2.24) is 5.16 Å². The second-order valence-corrected chi connectivity index (χ2v) is 7.75. The Kier molecular flexibility index (Phi) is 5.00. The summed E-state index contributed by atoms with van der Waals surface area (Å²) in [6, 6.07) is 15.0. The third-order valence-corrected chi connectivity index (χ3v) is 5.86. The third kappa shape index (κ3) is 3.38. The lowest BCUT2D eigenvalue weighted by atomic mass is 9.88. The van der Waals surface area contributed by atoms with Gasteiger partial charge in [-0.25, -0.2) is 17.6 Å². The second-order valence-electron chi connectivity index (χ2n) is 7.75. The van der Waals surface area contributed by atoms with Crippen LogP contribution in [0.5, 0.6) is 0 Å². The van der Waals surface area contributed by atoms with Crippen molar-refractivity contribution in [3.05, 3.63) is 94.6 Å². The zero-order chi connectivity index (χ0) is 23.3. The molecule has 0 bridgehead atoms. The Bertz CT molecular complexity index is 1400. The van der Waals surface area contributed by atoms with Crippen molar-refractivity contribution in [3.63, 3.8) is 0 Å². The Morgan fingerprint density at radius 3 is 2.42 bits per heavy atom. The highest BCUT2D eigenvalue weighted by molar-refractivity contribution is 6.06. The lowest BCUT2D eigenvalue weighted by Crippen LogP contribution is -2.27. The van der Waals surface area contributed by atoms with E-state index < -0.39 is 34.7 Å². The van der Waals surface area contributed by atoms with Gasteiger partial charge in [0.1, 0.15) is 5.69 Å². The summed E-state index contributed by atoms with van der Waals surface area (Å²) in [4.78, 5) is 13.6. The molecule has 33 heavy (non-hydrogen) atoms. The van der Waals surface area contributed by atoms with Gasteiger partial charge in [0.05, 0.1) is 5.56 Å². The molecule has 0 saturated carbocycles. The van der Waals surface area contributed by atoms with Gasteiger partial charge in [-0.1, -0.05) is 29.4 Å². The first-order chi connectivity index (χ1) is 15.9. The predicted octanol–water partition coefficient (Wildman–Crippen LogP) is 5.94. The van der Waals surface area contributed by atoms with Gasteiger partial charge in [-0.15, -0.1) is 0 Å². The number of hydrogen-bond donors (Lipinski definition) is 0. The quantitative estimate of drug-likeness (QED) is 0.220. The van der Waals surface area contributed by atoms with Crippen LogP contribution in [0, 0.1) is 23.3 Å². The van der Waals surface area contributed by atoms with E-state index in [1.54, 1.807) is 24.3 Å². The average molecular weight is 452 g/mol. The molecule has 1 heterocycles. The topological polar surface area (TPSA) is 46.3 Å². The van der Waals surface area contributed by atoms with Gasteiger partial charge in [0.25, 0.3) is 5.91 Å². The molecule has 8 heteroatoms. The number of carbonyl (C=O) groups excluding carboxylic acids is 1. The SMILES string of the molecule is CN(C(=O)c1cc(F)c(F)c(F)c1F)c1ccc(-c2onc3c2CCc2ccccc2-3)cc1. The van der Waals surface area contributed by atoms with Crippen molar-refractivity contribution in [3.8, 4) is 22.6 Å². The highest BCUT2D eigenvalue weighted by Gasteiger charge is 2.27. The Morgan fingerprint density at radius 1 is 0.939 bits per heavy atom. The van der Waals surface area contributed by atoms with Crippen molar-refractivity contribution in [2.24, 2.45) is 0 Å². The fraction of sp³-hybridized carbons (Fsp3) is 0.120. The van der Waals surface area contributed by atoms with E-state index >= 15 is 0 Å². The number of anilines is 1. The minimum absolute atomic E-state index is 0.340. The van der Waals surface area contributed by atoms with Gasteiger partial charge >= 0.3 is 0 Å². The lowest BCUT2D eigenvalue weighted by molar-refractivity contribution is 0.0987. The van der Waals surface area contributed by atoms with E-state index in [4.69, 9.17) is 4.52 Å². The van der Waals surface area contributed by atoms with Crippen molar-refractivity contribution in [2.75, 3.05) is 11.9 Å². The number of halogens is 4. The summed E-state index contributed by atoms with van der Waals surface area (Å²) < 4.78 is 59.9. The molecule has 4 nitrogen and oxygen atoms in total. The first-order valence-corrected chi connectivity index (χ1v) is 10.1. The molecule has 0 unspecified atom stereocenters. The van der Waals surface area contributed by atoms with Crippen molar-refractivity contribution in [1.29, 1.82) is 0 Å². The maximum atomic E-state index is 14.0. The Balaban J connectivity index is 1.44. The van der Waals surface area contributed by atoms with E-state index in [0.29, 0.717) is 17.5 Å². The van der Waals surface area contributed by atoms with Crippen LogP contribution in [-0.4, -0.2) is 18.1 Å². The van der Waals surface area contributed by atoms with Gasteiger partial charge in [-0.2, -0.15) is 0 Å². The van der Waals surface area contributed by atoms with Crippen molar-refractivity contribution in [2.45, 2.75) is 12.8 Å². The predicted molar refractivity (Wildman–Crippen MR) is 114 cm³/mol. The van der Waals surface area contributed by atoms with Gasteiger partial charge in [-0.3, -0.25) is 4.79 Å². The summed E-state index contributed by atoms with van der Waals surface area (Å²) in [5.74, 6) is -7.78. The Hall–Kier alpha value is -3.94. The fourth-order valence-corrected chi connectivity index (χ4v) is 4.07. The number of fused-ring (bicyclic) bond motifs is 3. The largest absolute Gasteiger partial charge is 0.355 e. The smallest absolute Gasteiger partial charge is 0.261 e. The monoisotopic (exact) mass is 452 g/mol. The van der Waals surface area contributed by atoms with Crippen LogP contribution in [0.2, 0.25) is 0 Å². The average Bonchev–Trinajstić information content (AvgIpc) is 3.29. The fourth-order valence-electron chi connectivity index (χ4n) is 4.07. The summed E-state index contributed by atoms with van der Waals surface area (Å²) in [5.41, 5.74) is 4.22. The van der Waals surface area contributed by atoms with E-state index in [1.165, 1.54) is 12.6 Å². The molecular weight excluding hydrogens is 436 g/mol. The van der Waals surface area contributed by atoms with Gasteiger partial charge in [0.15, 0.2) is 29.0 Å². The number of aromatic nitrogens is 1. The molecule has 5 rings (SSSR count). The molecule has 166 valence electrons. The maximum Gasteiger partial charge on any atom is 0.261 e. The van der Waals surface area contributed by atoms with E-state index in [9.17, 15) is 22.4 Å². The number of nitrogens with zero attached hydrogens (tertiary/aromatic N) is 2. The van der Waals surface area contributed by atoms with Gasteiger partial charge in [0.2, 0.25) is 0 Å². The minimum Gasteiger partial charge on any atom is -0.355 e. The summed E-state index contributed by atoms with van der Waals surface area (Å²) >= 11 is 0. The van der Waals surface area contributed by atoms with Crippen LogP contribution in [-0.2, 0) is 12.8 Å². The highest BCUT2D eigenvalue weighted by atomic mass is 19.2. The molecule has 0 fully saturated rings. The highest BCUT2D eigenvalue weighted by Crippen LogP contribution is 2.38. The number of hydrogen-bond acceptors (Lipinski definition) is 3. The van der Waals surface area contributed by atoms with Crippen LogP contribution >= 0.6 is 0 Å². The molecule has 0 atom stereocenters. The summed E-state index contributed by atoms with van der Waals surface area (Å²) in [6.07, 6.45) is 1.63. The van der Waals surface area contributed by atoms with Crippen molar-refractivity contribution < 1.29 is 26.9 Å². The number of rotatable bonds is 3. The lowest BCUT2D eigenvalue weighted by Gasteiger charge is -2.18. The third-order valence-electron chi connectivity index (χ3n) is 5.86. The Labute approximate surface area is 186 Å². The van der Waals surface area contributed by atoms with Gasteiger partial charge < -0.3 is 9.42 Å². The molecule has 0 saturated heterocycles. The normalized spacial score (nSPS) is 12.3. The maximum absolute atomic E-state index is 14.0. The standard InChI is InChI=1S/C25H16F4N2O2/c1-31(25(32)18-12-19(26)21(28)22(29)20(18)27)15-9-6-14(7-10-15)24-17-11-8-13-4-2-3-5-16(13)23(17)30-33-24/h2-7,9-10,12H,8,11H2,1H3. The van der Waals surface area contributed by atoms with Gasteiger partial charge in [0, 0.05) is 29.4 Å². The molecule has 1 aliphatic rings. The molecule has 0 aliphatic heterocycles. The summed E-state index contributed by atoms with van der Waals surface area (Å²) in [7, 11) is 1.32. The molecule has 0 radical (unpaired) electrons. The summed E-state index contributed by atoms with van der Waals surface area (Å²) in [5, 5.41) is 4.25. The molecule has 1 amide bonds. The molecule has 4 aromatic rings. The van der Waals surface area contributed by atoms with Crippen LogP contribution < -0.4 is 4.90 Å². The van der Waals surface area contributed by atoms with E-state index in [0.717, 1.165) is 40.1 Å². The van der Waals surface area contributed by atoms with Crippen LogP contribution in [0.1, 0.15) is 21.5 Å². The first kappa shape index (κ1) is 20.9. The van der Waals surface area contributed by atoms with Crippen molar-refractivity contribution >= 4 is 11.6 Å². The number of carbonyl (C=O) groups is 1. The molecular formula is C25H16F4N2O2. The van der Waals surface area contributed by atoms with Crippen LogP contribution in [0.4, 0.5) is 23.2 Å². The number of amides is 1. The number of benzene rings is 3. The van der Waals surface area contributed by atoms with Crippen LogP contribution in [0.25, 0.3) is 22.6 Å². The Morgan fingerprint density at radius 2 is 1.67 bits per heavy atom. The van der Waals surface area contributed by atoms with E-state index in [2.05, 4.69) is 11.2 Å². The minimum atomic E-state index is -2.03.